The van der Waals surface area contributed by atoms with Crippen molar-refractivity contribution in [1.82, 2.24) is 5.32 Å². The molecular weight excluding hydrogens is 478 g/mol. The number of carbonyl (C=O) groups is 3. The average Bonchev–Trinajstić information content (AvgIpc) is 3.25. The molecule has 0 bridgehead atoms. The summed E-state index contributed by atoms with van der Waals surface area (Å²) in [4.78, 5) is 39.3. The van der Waals surface area contributed by atoms with Crippen LogP contribution in [0.1, 0.15) is 27.9 Å². The summed E-state index contributed by atoms with van der Waals surface area (Å²) in [7, 11) is 0. The first-order valence-electron chi connectivity index (χ1n) is 11.0. The molecule has 4 rings (SSSR count). The first-order chi connectivity index (χ1) is 17.1. The number of alkyl halides is 3. The molecule has 0 radical (unpaired) electrons. The standard InChI is InChI=1S/C26H21F4N3O3/c27-19-10-8-16(9-11-19)14-31-25(36)21-6-1-2-7-22(21)32-24(35)17-12-23(34)33(15-17)20-5-3-4-18(13-20)26(28,29)30/h1-11,13,17H,12,14-15H2,(H,31,36)(H,32,35)/t17-/m0/s1. The number of carbonyl (C=O) groups excluding carboxylic acids is 3. The summed E-state index contributed by atoms with van der Waals surface area (Å²) in [5, 5.41) is 5.36. The summed E-state index contributed by atoms with van der Waals surface area (Å²) >= 11 is 0. The van der Waals surface area contributed by atoms with Crippen molar-refractivity contribution >= 4 is 29.1 Å². The van der Waals surface area contributed by atoms with Crippen molar-refractivity contribution in [3.05, 3.63) is 95.3 Å². The molecular formula is C26H21F4N3O3. The summed E-state index contributed by atoms with van der Waals surface area (Å²) in [6.07, 6.45) is -4.74. The van der Waals surface area contributed by atoms with Crippen LogP contribution in [-0.2, 0) is 22.3 Å². The second-order valence-corrected chi connectivity index (χ2v) is 8.30. The van der Waals surface area contributed by atoms with Gasteiger partial charge in [0.2, 0.25) is 11.8 Å². The Morgan fingerprint density at radius 3 is 2.42 bits per heavy atom. The van der Waals surface area contributed by atoms with Crippen LogP contribution in [0, 0.1) is 11.7 Å². The summed E-state index contributed by atoms with van der Waals surface area (Å²) in [5.74, 6) is -2.68. The lowest BCUT2D eigenvalue weighted by atomic mass is 10.1. The quantitative estimate of drug-likeness (QED) is 0.480. The van der Waals surface area contributed by atoms with Gasteiger partial charge in [-0.15, -0.1) is 0 Å². The van der Waals surface area contributed by atoms with Gasteiger partial charge in [-0.3, -0.25) is 14.4 Å². The lowest BCUT2D eigenvalue weighted by Crippen LogP contribution is -2.29. The van der Waals surface area contributed by atoms with E-state index in [-0.39, 0.29) is 36.4 Å². The van der Waals surface area contributed by atoms with Gasteiger partial charge in [0, 0.05) is 25.2 Å². The molecule has 3 amide bonds. The molecule has 1 atom stereocenters. The van der Waals surface area contributed by atoms with Crippen LogP contribution in [0.2, 0.25) is 0 Å². The fraction of sp³-hybridized carbons (Fsp3) is 0.192. The van der Waals surface area contributed by atoms with Gasteiger partial charge in [0.1, 0.15) is 5.82 Å². The van der Waals surface area contributed by atoms with Crippen LogP contribution in [0.15, 0.2) is 72.8 Å². The van der Waals surface area contributed by atoms with Crippen molar-refractivity contribution in [1.29, 1.82) is 0 Å². The monoisotopic (exact) mass is 499 g/mol. The van der Waals surface area contributed by atoms with E-state index in [0.717, 1.165) is 17.0 Å². The van der Waals surface area contributed by atoms with E-state index in [4.69, 9.17) is 0 Å². The number of nitrogens with zero attached hydrogens (tertiary/aromatic N) is 1. The maximum absolute atomic E-state index is 13.1. The van der Waals surface area contributed by atoms with E-state index in [1.807, 2.05) is 0 Å². The molecule has 10 heteroatoms. The Bertz CT molecular complexity index is 1290. The van der Waals surface area contributed by atoms with Gasteiger partial charge in [0.05, 0.1) is 22.7 Å². The lowest BCUT2D eigenvalue weighted by Gasteiger charge is -2.18. The number of hydrogen-bond donors (Lipinski definition) is 2. The maximum atomic E-state index is 13.1. The van der Waals surface area contributed by atoms with Gasteiger partial charge in [-0.05, 0) is 48.0 Å². The largest absolute Gasteiger partial charge is 0.416 e. The van der Waals surface area contributed by atoms with Crippen LogP contribution in [0.3, 0.4) is 0 Å². The predicted octanol–water partition coefficient (Wildman–Crippen LogP) is 4.77. The number of para-hydroxylation sites is 1. The molecule has 0 aliphatic carbocycles. The number of benzene rings is 3. The Hall–Kier alpha value is -4.21. The molecule has 0 aromatic heterocycles. The Labute approximate surface area is 203 Å². The normalized spacial score (nSPS) is 15.6. The van der Waals surface area contributed by atoms with Crippen LogP contribution in [0.25, 0.3) is 0 Å². The Kier molecular flexibility index (Phi) is 7.05. The Morgan fingerprint density at radius 2 is 1.69 bits per heavy atom. The second kappa shape index (κ2) is 10.2. The fourth-order valence-corrected chi connectivity index (χ4v) is 3.89. The van der Waals surface area contributed by atoms with Crippen LogP contribution in [0.5, 0.6) is 0 Å². The third-order valence-electron chi connectivity index (χ3n) is 5.78. The molecule has 1 aliphatic rings. The molecule has 3 aromatic carbocycles. The number of halogens is 4. The molecule has 0 saturated carbocycles. The fourth-order valence-electron chi connectivity index (χ4n) is 3.89. The number of rotatable bonds is 6. The van der Waals surface area contributed by atoms with Crippen LogP contribution in [0.4, 0.5) is 28.9 Å². The first kappa shape index (κ1) is 24.9. The van der Waals surface area contributed by atoms with Crippen molar-refractivity contribution in [3.8, 4) is 0 Å². The Balaban J connectivity index is 1.43. The molecule has 1 saturated heterocycles. The van der Waals surface area contributed by atoms with Crippen molar-refractivity contribution in [3.63, 3.8) is 0 Å². The van der Waals surface area contributed by atoms with E-state index >= 15 is 0 Å². The summed E-state index contributed by atoms with van der Waals surface area (Å²) in [6, 6.07) is 16.3. The minimum atomic E-state index is -4.56. The minimum Gasteiger partial charge on any atom is -0.348 e. The maximum Gasteiger partial charge on any atom is 0.416 e. The van der Waals surface area contributed by atoms with Gasteiger partial charge in [-0.25, -0.2) is 4.39 Å². The molecule has 1 aliphatic heterocycles. The van der Waals surface area contributed by atoms with Gasteiger partial charge in [-0.2, -0.15) is 13.2 Å². The second-order valence-electron chi connectivity index (χ2n) is 8.30. The highest BCUT2D eigenvalue weighted by atomic mass is 19.4. The van der Waals surface area contributed by atoms with Crippen LogP contribution in [-0.4, -0.2) is 24.3 Å². The molecule has 6 nitrogen and oxygen atoms in total. The molecule has 1 fully saturated rings. The number of hydrogen-bond acceptors (Lipinski definition) is 3. The van der Waals surface area contributed by atoms with Gasteiger partial charge in [-0.1, -0.05) is 30.3 Å². The average molecular weight is 499 g/mol. The number of anilines is 2. The highest BCUT2D eigenvalue weighted by Gasteiger charge is 2.37. The van der Waals surface area contributed by atoms with E-state index in [2.05, 4.69) is 10.6 Å². The number of amides is 3. The molecule has 1 heterocycles. The van der Waals surface area contributed by atoms with Crippen LogP contribution < -0.4 is 15.5 Å². The zero-order chi connectivity index (χ0) is 25.9. The van der Waals surface area contributed by atoms with E-state index in [1.54, 1.807) is 12.1 Å². The molecule has 3 aromatic rings. The zero-order valence-corrected chi connectivity index (χ0v) is 18.8. The third kappa shape index (κ3) is 5.70. The zero-order valence-electron chi connectivity index (χ0n) is 18.8. The molecule has 36 heavy (non-hydrogen) atoms. The predicted molar refractivity (Wildman–Crippen MR) is 125 cm³/mol. The van der Waals surface area contributed by atoms with E-state index in [9.17, 15) is 31.9 Å². The summed E-state index contributed by atoms with van der Waals surface area (Å²) in [6.45, 7) is 0.0510. The van der Waals surface area contributed by atoms with Gasteiger partial charge < -0.3 is 15.5 Å². The van der Waals surface area contributed by atoms with Gasteiger partial charge in [0.15, 0.2) is 0 Å². The van der Waals surface area contributed by atoms with E-state index < -0.39 is 41.2 Å². The molecule has 186 valence electrons. The highest BCUT2D eigenvalue weighted by molar-refractivity contribution is 6.07. The number of nitrogens with one attached hydrogen (secondary N) is 2. The minimum absolute atomic E-state index is 0.0608. The molecule has 0 unspecified atom stereocenters. The first-order valence-corrected chi connectivity index (χ1v) is 11.0. The summed E-state index contributed by atoms with van der Waals surface area (Å²) in [5.41, 5.74) is 0.272. The third-order valence-corrected chi connectivity index (χ3v) is 5.78. The van der Waals surface area contributed by atoms with Crippen molar-refractivity contribution < 1.29 is 31.9 Å². The van der Waals surface area contributed by atoms with E-state index in [0.29, 0.717) is 5.56 Å². The van der Waals surface area contributed by atoms with Gasteiger partial charge in [0.25, 0.3) is 5.91 Å². The van der Waals surface area contributed by atoms with Crippen molar-refractivity contribution in [2.45, 2.75) is 19.1 Å². The Morgan fingerprint density at radius 1 is 0.972 bits per heavy atom. The SMILES string of the molecule is O=C(NCc1ccc(F)cc1)c1ccccc1NC(=O)[C@H]1CC(=O)N(c2cccc(C(F)(F)F)c2)C1. The highest BCUT2D eigenvalue weighted by Crippen LogP contribution is 2.33. The van der Waals surface area contributed by atoms with Crippen molar-refractivity contribution in [2.75, 3.05) is 16.8 Å². The molecule has 0 spiro atoms. The van der Waals surface area contributed by atoms with Crippen LogP contribution >= 0.6 is 0 Å². The van der Waals surface area contributed by atoms with Crippen molar-refractivity contribution in [2.24, 2.45) is 5.92 Å². The molecule has 2 N–H and O–H groups in total. The summed E-state index contributed by atoms with van der Waals surface area (Å²) < 4.78 is 52.2. The van der Waals surface area contributed by atoms with E-state index in [1.165, 1.54) is 48.5 Å². The smallest absolute Gasteiger partial charge is 0.348 e. The van der Waals surface area contributed by atoms with Gasteiger partial charge >= 0.3 is 6.18 Å². The lowest BCUT2D eigenvalue weighted by molar-refractivity contribution is -0.137. The topological polar surface area (TPSA) is 78.5 Å².